The molecular formula is C17H21N3OS2. The fourth-order valence-corrected chi connectivity index (χ4v) is 5.72. The van der Waals surface area contributed by atoms with E-state index in [0.717, 1.165) is 10.1 Å². The van der Waals surface area contributed by atoms with Crippen molar-refractivity contribution in [1.82, 2.24) is 15.2 Å². The molecule has 6 heteroatoms. The maximum atomic E-state index is 12.7. The summed E-state index contributed by atoms with van der Waals surface area (Å²) in [5, 5.41) is 6.54. The first-order valence-electron chi connectivity index (χ1n) is 8.13. The Morgan fingerprint density at radius 3 is 2.91 bits per heavy atom. The van der Waals surface area contributed by atoms with Gasteiger partial charge in [0.05, 0.1) is 4.70 Å². The van der Waals surface area contributed by atoms with E-state index in [2.05, 4.69) is 33.8 Å². The predicted octanol–water partition coefficient (Wildman–Crippen LogP) is 3.23. The molecule has 4 nitrogen and oxygen atoms in total. The van der Waals surface area contributed by atoms with E-state index in [1.54, 1.807) is 23.1 Å². The second kappa shape index (κ2) is 6.07. The van der Waals surface area contributed by atoms with Crippen molar-refractivity contribution in [2.45, 2.75) is 36.7 Å². The summed E-state index contributed by atoms with van der Waals surface area (Å²) >= 11 is 3.40. The van der Waals surface area contributed by atoms with Gasteiger partial charge in [0.25, 0.3) is 5.91 Å². The second-order valence-corrected chi connectivity index (χ2v) is 8.24. The third kappa shape index (κ3) is 2.66. The van der Waals surface area contributed by atoms with Gasteiger partial charge in [0, 0.05) is 33.9 Å². The Labute approximate surface area is 144 Å². The molecule has 2 atom stereocenters. The van der Waals surface area contributed by atoms with E-state index < -0.39 is 0 Å². The van der Waals surface area contributed by atoms with Gasteiger partial charge in [-0.05, 0) is 51.1 Å². The van der Waals surface area contributed by atoms with Gasteiger partial charge in [0.2, 0.25) is 0 Å². The monoisotopic (exact) mass is 347 g/mol. The number of aromatic nitrogens is 1. The number of thioether (sulfide) groups is 1. The molecule has 1 amide bonds. The van der Waals surface area contributed by atoms with Crippen LogP contribution >= 0.6 is 23.1 Å². The molecule has 0 radical (unpaired) electrons. The quantitative estimate of drug-likeness (QED) is 0.866. The Bertz CT molecular complexity index is 735. The normalized spacial score (nSPS) is 29.8. The van der Waals surface area contributed by atoms with Crippen LogP contribution in [0.15, 0.2) is 22.5 Å². The summed E-state index contributed by atoms with van der Waals surface area (Å²) in [6.07, 6.45) is 6.29. The van der Waals surface area contributed by atoms with Crippen LogP contribution in [0.25, 0.3) is 10.1 Å². The zero-order valence-corrected chi connectivity index (χ0v) is 15.0. The van der Waals surface area contributed by atoms with Crippen molar-refractivity contribution in [2.75, 3.05) is 19.3 Å². The van der Waals surface area contributed by atoms with Gasteiger partial charge in [-0.3, -0.25) is 9.69 Å². The summed E-state index contributed by atoms with van der Waals surface area (Å²) < 4.78 is 1.14. The number of hydrogen-bond donors (Lipinski definition) is 1. The summed E-state index contributed by atoms with van der Waals surface area (Å²) in [7, 11) is 0. The van der Waals surface area contributed by atoms with Crippen LogP contribution in [0.1, 0.15) is 30.3 Å². The van der Waals surface area contributed by atoms with Gasteiger partial charge in [-0.25, -0.2) is 4.98 Å². The van der Waals surface area contributed by atoms with Gasteiger partial charge in [-0.1, -0.05) is 0 Å². The molecule has 1 N–H and O–H groups in total. The third-order valence-corrected chi connectivity index (χ3v) is 7.21. The van der Waals surface area contributed by atoms with Crippen LogP contribution < -0.4 is 5.32 Å². The molecule has 23 heavy (non-hydrogen) atoms. The molecule has 0 spiro atoms. The van der Waals surface area contributed by atoms with Crippen LogP contribution in [0.4, 0.5) is 0 Å². The van der Waals surface area contributed by atoms with Crippen molar-refractivity contribution in [3.05, 3.63) is 23.3 Å². The first-order chi connectivity index (χ1) is 11.2. The zero-order chi connectivity index (χ0) is 16.0. The fraction of sp³-hybridized carbons (Fsp3) is 0.529. The first kappa shape index (κ1) is 15.4. The molecule has 0 aliphatic carbocycles. The molecule has 122 valence electrons. The molecule has 2 aromatic heterocycles. The highest BCUT2D eigenvalue weighted by Gasteiger charge is 2.40. The van der Waals surface area contributed by atoms with Crippen LogP contribution in [-0.4, -0.2) is 47.2 Å². The Kier molecular flexibility index (Phi) is 4.07. The minimum absolute atomic E-state index is 0.0317. The van der Waals surface area contributed by atoms with Crippen molar-refractivity contribution < 1.29 is 4.79 Å². The molecule has 0 aromatic carbocycles. The van der Waals surface area contributed by atoms with E-state index >= 15 is 0 Å². The molecule has 3 fully saturated rings. The molecule has 5 rings (SSSR count). The van der Waals surface area contributed by atoms with Gasteiger partial charge in [0.1, 0.15) is 5.69 Å². The number of nitrogens with one attached hydrogen (secondary N) is 1. The number of thiophene rings is 1. The molecule has 5 heterocycles. The summed E-state index contributed by atoms with van der Waals surface area (Å²) in [5.41, 5.74) is 0.537. The van der Waals surface area contributed by atoms with Crippen molar-refractivity contribution >= 4 is 39.1 Å². The number of nitrogens with zero attached hydrogens (tertiary/aromatic N) is 2. The van der Waals surface area contributed by atoms with E-state index in [4.69, 9.17) is 0 Å². The Balaban J connectivity index is 1.57. The SMILES string of the molecule is CSc1csc2cnc(C(=O)NC3C4CCN(CC4)C3C)cc12. The van der Waals surface area contributed by atoms with Gasteiger partial charge < -0.3 is 5.32 Å². The number of rotatable bonds is 3. The van der Waals surface area contributed by atoms with Gasteiger partial charge >= 0.3 is 0 Å². The maximum absolute atomic E-state index is 12.7. The summed E-state index contributed by atoms with van der Waals surface area (Å²) in [4.78, 5) is 20.8. The lowest BCUT2D eigenvalue weighted by Crippen LogP contribution is -2.62. The van der Waals surface area contributed by atoms with Gasteiger partial charge in [0.15, 0.2) is 0 Å². The van der Waals surface area contributed by atoms with E-state index in [9.17, 15) is 4.79 Å². The van der Waals surface area contributed by atoms with Crippen LogP contribution in [0.2, 0.25) is 0 Å². The smallest absolute Gasteiger partial charge is 0.270 e. The average molecular weight is 348 g/mol. The molecule has 3 aliphatic rings. The summed E-state index contributed by atoms with van der Waals surface area (Å²) in [6.45, 7) is 4.58. The Morgan fingerprint density at radius 2 is 2.22 bits per heavy atom. The van der Waals surface area contributed by atoms with Crippen LogP contribution in [0, 0.1) is 5.92 Å². The van der Waals surface area contributed by atoms with Crippen molar-refractivity contribution in [3.63, 3.8) is 0 Å². The minimum Gasteiger partial charge on any atom is -0.346 e. The van der Waals surface area contributed by atoms with E-state index in [1.807, 2.05) is 12.3 Å². The van der Waals surface area contributed by atoms with Crippen molar-refractivity contribution in [1.29, 1.82) is 0 Å². The standard InChI is InChI=1S/C17H21N3OS2/c1-10-16(11-3-5-20(10)6-4-11)19-17(21)13-7-12-14(8-18-13)23-9-15(12)22-2/h7-11,16H,3-6H2,1-2H3,(H,19,21). The molecule has 3 aliphatic heterocycles. The van der Waals surface area contributed by atoms with E-state index in [1.165, 1.54) is 30.8 Å². The minimum atomic E-state index is -0.0317. The topological polar surface area (TPSA) is 45.2 Å². The zero-order valence-electron chi connectivity index (χ0n) is 13.4. The number of hydrogen-bond acceptors (Lipinski definition) is 5. The summed E-state index contributed by atoms with van der Waals surface area (Å²) in [6, 6.07) is 2.63. The Hall–Kier alpha value is -1.11. The number of amides is 1. The highest BCUT2D eigenvalue weighted by Crippen LogP contribution is 2.33. The number of pyridine rings is 1. The first-order valence-corrected chi connectivity index (χ1v) is 10.2. The lowest BCUT2D eigenvalue weighted by Gasteiger charge is -2.49. The molecule has 2 aromatic rings. The largest absolute Gasteiger partial charge is 0.346 e. The predicted molar refractivity (Wildman–Crippen MR) is 96.4 cm³/mol. The molecule has 3 saturated heterocycles. The number of carbonyl (C=O) groups is 1. The van der Waals surface area contributed by atoms with Crippen LogP contribution in [-0.2, 0) is 0 Å². The highest BCUT2D eigenvalue weighted by atomic mass is 32.2. The number of fused-ring (bicyclic) bond motifs is 4. The van der Waals surface area contributed by atoms with Gasteiger partial charge in [-0.2, -0.15) is 0 Å². The maximum Gasteiger partial charge on any atom is 0.270 e. The molecule has 2 bridgehead atoms. The molecule has 2 unspecified atom stereocenters. The highest BCUT2D eigenvalue weighted by molar-refractivity contribution is 7.99. The van der Waals surface area contributed by atoms with Gasteiger partial charge in [-0.15, -0.1) is 23.1 Å². The third-order valence-electron chi connectivity index (χ3n) is 5.35. The van der Waals surface area contributed by atoms with E-state index in [0.29, 0.717) is 17.7 Å². The lowest BCUT2D eigenvalue weighted by atomic mass is 9.79. The van der Waals surface area contributed by atoms with Crippen LogP contribution in [0.3, 0.4) is 0 Å². The number of carbonyl (C=O) groups excluding carboxylic acids is 1. The fourth-order valence-electron chi connectivity index (χ4n) is 3.96. The van der Waals surface area contributed by atoms with Crippen molar-refractivity contribution in [3.8, 4) is 0 Å². The Morgan fingerprint density at radius 1 is 1.43 bits per heavy atom. The summed E-state index contributed by atoms with van der Waals surface area (Å²) in [5.74, 6) is 0.585. The van der Waals surface area contributed by atoms with E-state index in [-0.39, 0.29) is 11.9 Å². The molecular weight excluding hydrogens is 326 g/mol. The second-order valence-electron chi connectivity index (χ2n) is 6.48. The molecule has 0 saturated carbocycles. The van der Waals surface area contributed by atoms with Crippen molar-refractivity contribution in [2.24, 2.45) is 5.92 Å². The van der Waals surface area contributed by atoms with Crippen LogP contribution in [0.5, 0.6) is 0 Å². The number of piperidine rings is 3. The lowest BCUT2D eigenvalue weighted by molar-refractivity contribution is 0.0216. The average Bonchev–Trinajstić information content (AvgIpc) is 3.00.